The Balaban J connectivity index is 2.64. The van der Waals surface area contributed by atoms with Gasteiger partial charge in [0.1, 0.15) is 12.3 Å². The van der Waals surface area contributed by atoms with Gasteiger partial charge in [-0.1, -0.05) is 0 Å². The van der Waals surface area contributed by atoms with Crippen molar-refractivity contribution in [3.8, 4) is 0 Å². The summed E-state index contributed by atoms with van der Waals surface area (Å²) in [5.74, 6) is -0.979. The van der Waals surface area contributed by atoms with E-state index in [0.717, 1.165) is 0 Å². The predicted molar refractivity (Wildman–Crippen MR) is 71.5 cm³/mol. The molecular weight excluding hydrogens is 318 g/mol. The first-order valence-electron chi connectivity index (χ1n) is 5.46. The SMILES string of the molecule is COCCN(CC(=O)O)C(=O)/C=C/c1ccc(Br)o1. The first-order chi connectivity index (χ1) is 9.02. The molecule has 6 nitrogen and oxygen atoms in total. The molecule has 0 bridgehead atoms. The fourth-order valence-electron chi connectivity index (χ4n) is 1.31. The number of hydrogen-bond acceptors (Lipinski definition) is 4. The minimum absolute atomic E-state index is 0.216. The number of carboxylic acid groups (broad SMARTS) is 1. The average Bonchev–Trinajstić information content (AvgIpc) is 2.77. The van der Waals surface area contributed by atoms with Gasteiger partial charge in [0.25, 0.3) is 0 Å². The zero-order valence-electron chi connectivity index (χ0n) is 10.3. The Kier molecular flexibility index (Phi) is 6.31. The summed E-state index contributed by atoms with van der Waals surface area (Å²) in [5, 5.41) is 8.74. The first-order valence-corrected chi connectivity index (χ1v) is 6.25. The molecule has 1 N–H and O–H groups in total. The molecule has 0 atom stereocenters. The van der Waals surface area contributed by atoms with Crippen molar-refractivity contribution in [1.29, 1.82) is 0 Å². The molecular formula is C12H14BrNO5. The molecule has 0 unspecified atom stereocenters. The number of methoxy groups -OCH3 is 1. The molecule has 0 saturated carbocycles. The average molecular weight is 332 g/mol. The minimum atomic E-state index is -1.07. The number of halogens is 1. The van der Waals surface area contributed by atoms with Crippen LogP contribution in [0, 0.1) is 0 Å². The number of hydrogen-bond donors (Lipinski definition) is 1. The van der Waals surface area contributed by atoms with Gasteiger partial charge in [0, 0.05) is 19.7 Å². The Morgan fingerprint density at radius 1 is 1.53 bits per heavy atom. The first kappa shape index (κ1) is 15.5. The maximum absolute atomic E-state index is 11.8. The Morgan fingerprint density at radius 3 is 2.79 bits per heavy atom. The summed E-state index contributed by atoms with van der Waals surface area (Å²) in [6.07, 6.45) is 2.75. The van der Waals surface area contributed by atoms with Gasteiger partial charge in [-0.3, -0.25) is 9.59 Å². The van der Waals surface area contributed by atoms with Crippen LogP contribution in [0.3, 0.4) is 0 Å². The van der Waals surface area contributed by atoms with Crippen molar-refractivity contribution < 1.29 is 23.8 Å². The zero-order valence-corrected chi connectivity index (χ0v) is 11.9. The lowest BCUT2D eigenvalue weighted by Gasteiger charge is -2.18. The maximum Gasteiger partial charge on any atom is 0.323 e. The molecule has 0 radical (unpaired) electrons. The topological polar surface area (TPSA) is 80.0 Å². The standard InChI is InChI=1S/C12H14BrNO5/c1-18-7-6-14(8-12(16)17)11(15)5-3-9-2-4-10(13)19-9/h2-5H,6-8H2,1H3,(H,16,17)/b5-3+. The van der Waals surface area contributed by atoms with Crippen LogP contribution in [-0.2, 0) is 14.3 Å². The Morgan fingerprint density at radius 2 is 2.26 bits per heavy atom. The molecule has 0 aromatic carbocycles. The minimum Gasteiger partial charge on any atom is -0.480 e. The smallest absolute Gasteiger partial charge is 0.323 e. The van der Waals surface area contributed by atoms with Crippen LogP contribution in [0.2, 0.25) is 0 Å². The molecule has 1 amide bonds. The summed E-state index contributed by atoms with van der Waals surface area (Å²) >= 11 is 3.14. The van der Waals surface area contributed by atoms with Crippen molar-refractivity contribution in [3.05, 3.63) is 28.6 Å². The number of aliphatic carboxylic acids is 1. The summed E-state index contributed by atoms with van der Waals surface area (Å²) in [5.41, 5.74) is 0. The number of nitrogens with zero attached hydrogens (tertiary/aromatic N) is 1. The van der Waals surface area contributed by atoms with Crippen LogP contribution in [-0.4, -0.2) is 48.7 Å². The van der Waals surface area contributed by atoms with E-state index in [1.54, 1.807) is 12.1 Å². The van der Waals surface area contributed by atoms with E-state index < -0.39 is 11.9 Å². The Bertz CT molecular complexity index is 468. The van der Waals surface area contributed by atoms with Crippen molar-refractivity contribution in [2.45, 2.75) is 0 Å². The number of ether oxygens (including phenoxy) is 1. The lowest BCUT2D eigenvalue weighted by atomic mass is 10.3. The molecule has 1 aromatic heterocycles. The summed E-state index contributed by atoms with van der Waals surface area (Å²) in [4.78, 5) is 23.7. The van der Waals surface area contributed by atoms with Crippen LogP contribution < -0.4 is 0 Å². The van der Waals surface area contributed by atoms with Crippen LogP contribution in [0.1, 0.15) is 5.76 Å². The third-order valence-electron chi connectivity index (χ3n) is 2.19. The molecule has 104 valence electrons. The highest BCUT2D eigenvalue weighted by molar-refractivity contribution is 9.10. The highest BCUT2D eigenvalue weighted by Gasteiger charge is 2.14. The molecule has 1 aromatic rings. The molecule has 1 heterocycles. The number of carboxylic acids is 1. The Hall–Kier alpha value is -1.60. The van der Waals surface area contributed by atoms with E-state index in [0.29, 0.717) is 10.4 Å². The molecule has 0 spiro atoms. The number of amides is 1. The van der Waals surface area contributed by atoms with Gasteiger partial charge < -0.3 is 19.2 Å². The Labute approximate surface area is 118 Å². The van der Waals surface area contributed by atoms with Gasteiger partial charge >= 0.3 is 5.97 Å². The van der Waals surface area contributed by atoms with Crippen molar-refractivity contribution >= 4 is 33.9 Å². The number of furan rings is 1. The molecule has 19 heavy (non-hydrogen) atoms. The van der Waals surface area contributed by atoms with Gasteiger partial charge in [0.15, 0.2) is 4.67 Å². The lowest BCUT2D eigenvalue weighted by Crippen LogP contribution is -2.36. The van der Waals surface area contributed by atoms with E-state index in [-0.39, 0.29) is 19.7 Å². The highest BCUT2D eigenvalue weighted by Crippen LogP contribution is 2.15. The quantitative estimate of drug-likeness (QED) is 0.768. The van der Waals surface area contributed by atoms with Gasteiger partial charge in [0.2, 0.25) is 5.91 Å². The number of carbonyl (C=O) groups is 2. The van der Waals surface area contributed by atoms with Gasteiger partial charge in [0.05, 0.1) is 6.61 Å². The van der Waals surface area contributed by atoms with Crippen LogP contribution in [0.15, 0.2) is 27.3 Å². The van der Waals surface area contributed by atoms with Gasteiger partial charge in [-0.2, -0.15) is 0 Å². The monoisotopic (exact) mass is 331 g/mol. The van der Waals surface area contributed by atoms with Crippen molar-refractivity contribution in [2.24, 2.45) is 0 Å². The second kappa shape index (κ2) is 7.75. The molecule has 0 aliphatic rings. The third-order valence-corrected chi connectivity index (χ3v) is 2.61. The van der Waals surface area contributed by atoms with E-state index in [1.807, 2.05) is 0 Å². The lowest BCUT2D eigenvalue weighted by molar-refractivity contribution is -0.143. The number of carbonyl (C=O) groups excluding carboxylic acids is 1. The fraction of sp³-hybridized carbons (Fsp3) is 0.333. The molecule has 0 saturated heterocycles. The van der Waals surface area contributed by atoms with Gasteiger partial charge in [-0.15, -0.1) is 0 Å². The van der Waals surface area contributed by atoms with E-state index >= 15 is 0 Å². The summed E-state index contributed by atoms with van der Waals surface area (Å²) in [6.45, 7) is 0.126. The third kappa shape index (κ3) is 5.71. The van der Waals surface area contributed by atoms with Crippen LogP contribution in [0.4, 0.5) is 0 Å². The van der Waals surface area contributed by atoms with Crippen molar-refractivity contribution in [1.82, 2.24) is 4.90 Å². The van der Waals surface area contributed by atoms with E-state index in [4.69, 9.17) is 14.3 Å². The molecule has 0 aliphatic carbocycles. The van der Waals surface area contributed by atoms with E-state index in [1.165, 1.54) is 24.2 Å². The van der Waals surface area contributed by atoms with Crippen molar-refractivity contribution in [2.75, 3.05) is 26.8 Å². The maximum atomic E-state index is 11.8. The predicted octanol–water partition coefficient (Wildman–Crippen LogP) is 1.61. The summed E-state index contributed by atoms with van der Waals surface area (Å²) in [7, 11) is 1.49. The normalized spacial score (nSPS) is 10.8. The molecule has 0 aliphatic heterocycles. The second-order valence-electron chi connectivity index (χ2n) is 3.62. The van der Waals surface area contributed by atoms with E-state index in [2.05, 4.69) is 15.9 Å². The molecule has 0 fully saturated rings. The van der Waals surface area contributed by atoms with Crippen LogP contribution >= 0.6 is 15.9 Å². The van der Waals surface area contributed by atoms with Crippen LogP contribution in [0.25, 0.3) is 6.08 Å². The van der Waals surface area contributed by atoms with Gasteiger partial charge in [-0.05, 0) is 34.1 Å². The molecule has 1 rings (SSSR count). The largest absolute Gasteiger partial charge is 0.480 e. The fourth-order valence-corrected chi connectivity index (χ4v) is 1.63. The van der Waals surface area contributed by atoms with E-state index in [9.17, 15) is 9.59 Å². The summed E-state index contributed by atoms with van der Waals surface area (Å²) < 4.78 is 10.6. The molecule has 7 heteroatoms. The van der Waals surface area contributed by atoms with Gasteiger partial charge in [-0.25, -0.2) is 0 Å². The van der Waals surface area contributed by atoms with Crippen molar-refractivity contribution in [3.63, 3.8) is 0 Å². The zero-order chi connectivity index (χ0) is 14.3. The highest BCUT2D eigenvalue weighted by atomic mass is 79.9. The van der Waals surface area contributed by atoms with Crippen LogP contribution in [0.5, 0.6) is 0 Å². The number of rotatable bonds is 7. The second-order valence-corrected chi connectivity index (χ2v) is 4.40. The summed E-state index contributed by atoms with van der Waals surface area (Å²) in [6, 6.07) is 3.38.